The fourth-order valence-electron chi connectivity index (χ4n) is 1.87. The van der Waals surface area contributed by atoms with Crippen LogP contribution in [0.5, 0.6) is 0 Å². The Kier molecular flexibility index (Phi) is 3.01. The van der Waals surface area contributed by atoms with E-state index in [1.807, 2.05) is 13.0 Å². The van der Waals surface area contributed by atoms with Crippen LogP contribution in [0.2, 0.25) is 0 Å². The topological polar surface area (TPSA) is 38.9 Å². The number of benzene rings is 1. The predicted molar refractivity (Wildman–Crippen MR) is 67.8 cm³/mol. The first kappa shape index (κ1) is 11.8. The summed E-state index contributed by atoms with van der Waals surface area (Å²) >= 11 is 0. The van der Waals surface area contributed by atoms with Gasteiger partial charge in [-0.15, -0.1) is 0 Å². The monoisotopic (exact) mass is 230 g/mol. The van der Waals surface area contributed by atoms with Crippen LogP contribution >= 0.6 is 0 Å². The maximum atomic E-state index is 5.06. The first-order chi connectivity index (χ1) is 8.04. The van der Waals surface area contributed by atoms with E-state index in [0.717, 1.165) is 12.0 Å². The third-order valence-corrected chi connectivity index (χ3v) is 3.31. The summed E-state index contributed by atoms with van der Waals surface area (Å²) in [4.78, 5) is 4.31. The molecule has 0 radical (unpaired) electrons. The molecular formula is C14H18N2O. The van der Waals surface area contributed by atoms with E-state index in [0.29, 0.717) is 11.7 Å². The Bertz CT molecular complexity index is 514. The average Bonchev–Trinajstić information content (AvgIpc) is 2.76. The van der Waals surface area contributed by atoms with Crippen LogP contribution in [0.4, 0.5) is 0 Å². The van der Waals surface area contributed by atoms with Crippen molar-refractivity contribution in [3.8, 4) is 11.4 Å². The Balaban J connectivity index is 2.55. The summed E-state index contributed by atoms with van der Waals surface area (Å²) in [6, 6.07) is 8.26. The van der Waals surface area contributed by atoms with Crippen molar-refractivity contribution in [2.24, 2.45) is 0 Å². The number of hydrogen-bond acceptors (Lipinski definition) is 3. The molecular weight excluding hydrogens is 212 g/mol. The third kappa shape index (κ3) is 2.23. The van der Waals surface area contributed by atoms with Crippen molar-refractivity contribution in [3.05, 3.63) is 35.7 Å². The molecule has 0 fully saturated rings. The maximum Gasteiger partial charge on any atom is 0.223 e. The van der Waals surface area contributed by atoms with Crippen LogP contribution in [0.15, 0.2) is 28.8 Å². The Morgan fingerprint density at radius 2 is 1.94 bits per heavy atom. The summed E-state index contributed by atoms with van der Waals surface area (Å²) < 4.78 is 5.06. The van der Waals surface area contributed by atoms with Crippen molar-refractivity contribution in [1.29, 1.82) is 0 Å². The lowest BCUT2D eigenvalue weighted by atomic mass is 9.79. The summed E-state index contributed by atoms with van der Waals surface area (Å²) in [7, 11) is 0. The molecule has 2 rings (SSSR count). The van der Waals surface area contributed by atoms with Crippen LogP contribution in [0, 0.1) is 6.92 Å². The van der Waals surface area contributed by atoms with Gasteiger partial charge < -0.3 is 4.52 Å². The molecule has 0 unspecified atom stereocenters. The Morgan fingerprint density at radius 1 is 1.24 bits per heavy atom. The van der Waals surface area contributed by atoms with Gasteiger partial charge in [-0.05, 0) is 17.4 Å². The molecule has 1 aromatic heterocycles. The molecule has 3 heteroatoms. The lowest BCUT2D eigenvalue weighted by Gasteiger charge is -2.25. The van der Waals surface area contributed by atoms with E-state index in [2.05, 4.69) is 49.1 Å². The van der Waals surface area contributed by atoms with Gasteiger partial charge in [-0.3, -0.25) is 0 Å². The van der Waals surface area contributed by atoms with Gasteiger partial charge in [-0.25, -0.2) is 0 Å². The van der Waals surface area contributed by atoms with Gasteiger partial charge in [0.15, 0.2) is 0 Å². The van der Waals surface area contributed by atoms with E-state index in [4.69, 9.17) is 4.52 Å². The van der Waals surface area contributed by atoms with E-state index < -0.39 is 0 Å². The van der Waals surface area contributed by atoms with Gasteiger partial charge in [0, 0.05) is 12.5 Å². The van der Waals surface area contributed by atoms with E-state index in [1.165, 1.54) is 5.56 Å². The Labute approximate surface area is 102 Å². The summed E-state index contributed by atoms with van der Waals surface area (Å²) in [5.74, 6) is 1.28. The van der Waals surface area contributed by atoms with Gasteiger partial charge in [-0.1, -0.05) is 50.2 Å². The number of hydrogen-bond donors (Lipinski definition) is 0. The molecule has 0 atom stereocenters. The second kappa shape index (κ2) is 4.32. The van der Waals surface area contributed by atoms with Crippen molar-refractivity contribution in [2.45, 2.75) is 39.5 Å². The van der Waals surface area contributed by atoms with E-state index in [-0.39, 0.29) is 5.41 Å². The van der Waals surface area contributed by atoms with Gasteiger partial charge in [0.05, 0.1) is 0 Å². The highest BCUT2D eigenvalue weighted by Crippen LogP contribution is 2.33. The zero-order valence-corrected chi connectivity index (χ0v) is 10.8. The van der Waals surface area contributed by atoms with Crippen LogP contribution in [-0.4, -0.2) is 10.1 Å². The molecule has 1 heterocycles. The molecule has 0 aliphatic heterocycles. The SMILES string of the molecule is CCC(C)(C)c1ccccc1-c1noc(C)n1. The van der Waals surface area contributed by atoms with Crippen LogP contribution in [0.3, 0.4) is 0 Å². The van der Waals surface area contributed by atoms with Crippen LogP contribution in [0.1, 0.15) is 38.6 Å². The molecule has 0 spiro atoms. The van der Waals surface area contributed by atoms with Gasteiger partial charge in [0.2, 0.25) is 11.7 Å². The normalized spacial score (nSPS) is 11.8. The minimum absolute atomic E-state index is 0.116. The van der Waals surface area contributed by atoms with Gasteiger partial charge in [0.1, 0.15) is 0 Å². The van der Waals surface area contributed by atoms with Crippen LogP contribution in [0.25, 0.3) is 11.4 Å². The van der Waals surface area contributed by atoms with Gasteiger partial charge in [-0.2, -0.15) is 4.98 Å². The maximum absolute atomic E-state index is 5.06. The highest BCUT2D eigenvalue weighted by molar-refractivity contribution is 5.61. The molecule has 1 aromatic carbocycles. The summed E-state index contributed by atoms with van der Waals surface area (Å²) in [6.45, 7) is 8.47. The highest BCUT2D eigenvalue weighted by atomic mass is 16.5. The molecule has 90 valence electrons. The molecule has 0 aliphatic rings. The van der Waals surface area contributed by atoms with Crippen molar-refractivity contribution < 1.29 is 4.52 Å². The number of nitrogens with zero attached hydrogens (tertiary/aromatic N) is 2. The van der Waals surface area contributed by atoms with Crippen molar-refractivity contribution >= 4 is 0 Å². The second-order valence-corrected chi connectivity index (χ2v) is 4.92. The molecule has 0 bridgehead atoms. The standard InChI is InChI=1S/C14H18N2O/c1-5-14(3,4)12-9-7-6-8-11(12)13-15-10(2)17-16-13/h6-9H,5H2,1-4H3. The Hall–Kier alpha value is -1.64. The number of aryl methyl sites for hydroxylation is 1. The minimum Gasteiger partial charge on any atom is -0.339 e. The van der Waals surface area contributed by atoms with E-state index in [9.17, 15) is 0 Å². The fraction of sp³-hybridized carbons (Fsp3) is 0.429. The predicted octanol–water partition coefficient (Wildman–Crippen LogP) is 3.73. The first-order valence-corrected chi connectivity index (χ1v) is 5.95. The smallest absolute Gasteiger partial charge is 0.223 e. The van der Waals surface area contributed by atoms with Gasteiger partial charge >= 0.3 is 0 Å². The van der Waals surface area contributed by atoms with E-state index in [1.54, 1.807) is 0 Å². The molecule has 0 saturated carbocycles. The second-order valence-electron chi connectivity index (χ2n) is 4.92. The molecule has 0 aliphatic carbocycles. The molecule has 0 N–H and O–H groups in total. The van der Waals surface area contributed by atoms with Crippen molar-refractivity contribution in [1.82, 2.24) is 10.1 Å². The molecule has 3 nitrogen and oxygen atoms in total. The number of rotatable bonds is 3. The highest BCUT2D eigenvalue weighted by Gasteiger charge is 2.23. The summed E-state index contributed by atoms with van der Waals surface area (Å²) in [6.07, 6.45) is 1.07. The molecule has 0 amide bonds. The first-order valence-electron chi connectivity index (χ1n) is 5.95. The molecule has 0 saturated heterocycles. The largest absolute Gasteiger partial charge is 0.339 e. The zero-order valence-electron chi connectivity index (χ0n) is 10.8. The van der Waals surface area contributed by atoms with Crippen LogP contribution in [-0.2, 0) is 5.41 Å². The Morgan fingerprint density at radius 3 is 2.53 bits per heavy atom. The molecule has 2 aromatic rings. The summed E-state index contributed by atoms with van der Waals surface area (Å²) in [5, 5.41) is 4.01. The fourth-order valence-corrected chi connectivity index (χ4v) is 1.87. The zero-order chi connectivity index (χ0) is 12.5. The average molecular weight is 230 g/mol. The lowest BCUT2D eigenvalue weighted by Crippen LogP contribution is -2.16. The quantitative estimate of drug-likeness (QED) is 0.806. The number of aromatic nitrogens is 2. The van der Waals surface area contributed by atoms with Crippen molar-refractivity contribution in [3.63, 3.8) is 0 Å². The van der Waals surface area contributed by atoms with Crippen LogP contribution < -0.4 is 0 Å². The molecule has 17 heavy (non-hydrogen) atoms. The lowest BCUT2D eigenvalue weighted by molar-refractivity contribution is 0.394. The van der Waals surface area contributed by atoms with Crippen molar-refractivity contribution in [2.75, 3.05) is 0 Å². The third-order valence-electron chi connectivity index (χ3n) is 3.31. The summed E-state index contributed by atoms with van der Waals surface area (Å²) in [5.41, 5.74) is 2.45. The van der Waals surface area contributed by atoms with E-state index >= 15 is 0 Å². The minimum atomic E-state index is 0.116. The van der Waals surface area contributed by atoms with Gasteiger partial charge in [0.25, 0.3) is 0 Å².